The minimum atomic E-state index is -0.776. The maximum atomic E-state index is 10.4. The molecule has 0 aliphatic heterocycles. The largest absolute Gasteiger partial charge is 0.481 e. The van der Waals surface area contributed by atoms with Gasteiger partial charge in [-0.3, -0.25) is 4.79 Å². The quantitative estimate of drug-likeness (QED) is 0.758. The van der Waals surface area contributed by atoms with Crippen LogP contribution in [0, 0.1) is 5.92 Å². The molecule has 0 aromatic rings. The average Bonchev–Trinajstić information content (AvgIpc) is 2.07. The van der Waals surface area contributed by atoms with Crippen LogP contribution < -0.4 is 0 Å². The van der Waals surface area contributed by atoms with Crippen LogP contribution in [0.2, 0.25) is 0 Å². The maximum Gasteiger partial charge on any atom is 0.305 e. The lowest BCUT2D eigenvalue weighted by molar-refractivity contribution is -0.141. The Balaban J connectivity index is 2.20. The lowest BCUT2D eigenvalue weighted by Crippen LogP contribution is -2.26. The van der Waals surface area contributed by atoms with E-state index in [9.17, 15) is 4.79 Å². The zero-order valence-corrected chi connectivity index (χ0v) is 9.03. The zero-order chi connectivity index (χ0) is 10.6. The molecular formula is C11H20O3. The predicted molar refractivity (Wildman–Crippen MR) is 54.2 cm³/mol. The first-order valence-electron chi connectivity index (χ1n) is 5.45. The fourth-order valence-electron chi connectivity index (χ4n) is 1.99. The van der Waals surface area contributed by atoms with Crippen molar-refractivity contribution in [3.05, 3.63) is 0 Å². The normalized spacial score (nSPS) is 29.9. The number of ether oxygens (including phenoxy) is 1. The average molecular weight is 200 g/mol. The van der Waals surface area contributed by atoms with E-state index in [0.29, 0.717) is 6.10 Å². The lowest BCUT2D eigenvalue weighted by Gasteiger charge is -2.28. The van der Waals surface area contributed by atoms with Gasteiger partial charge in [0, 0.05) is 0 Å². The van der Waals surface area contributed by atoms with Gasteiger partial charge in [0.1, 0.15) is 0 Å². The summed E-state index contributed by atoms with van der Waals surface area (Å²) in [5, 5.41) is 8.58. The van der Waals surface area contributed by atoms with Gasteiger partial charge in [-0.2, -0.15) is 0 Å². The van der Waals surface area contributed by atoms with E-state index in [4.69, 9.17) is 9.84 Å². The van der Waals surface area contributed by atoms with E-state index in [1.807, 2.05) is 6.92 Å². The van der Waals surface area contributed by atoms with Crippen LogP contribution in [0.5, 0.6) is 0 Å². The van der Waals surface area contributed by atoms with Crippen molar-refractivity contribution in [2.45, 2.75) is 58.2 Å². The Labute approximate surface area is 85.5 Å². The highest BCUT2D eigenvalue weighted by Gasteiger charge is 2.21. The third-order valence-corrected chi connectivity index (χ3v) is 2.85. The van der Waals surface area contributed by atoms with Crippen LogP contribution in [0.25, 0.3) is 0 Å². The number of carboxylic acids is 1. The number of carbonyl (C=O) groups is 1. The second-order valence-electron chi connectivity index (χ2n) is 4.43. The molecule has 3 nitrogen and oxygen atoms in total. The number of aliphatic carboxylic acids is 1. The molecule has 0 bridgehead atoms. The molecular weight excluding hydrogens is 180 g/mol. The Morgan fingerprint density at radius 1 is 1.43 bits per heavy atom. The van der Waals surface area contributed by atoms with Crippen molar-refractivity contribution in [1.82, 2.24) is 0 Å². The van der Waals surface area contributed by atoms with Crippen molar-refractivity contribution in [3.63, 3.8) is 0 Å². The smallest absolute Gasteiger partial charge is 0.305 e. The highest BCUT2D eigenvalue weighted by Crippen LogP contribution is 2.26. The number of carboxylic acid groups (broad SMARTS) is 1. The Morgan fingerprint density at radius 2 is 2.00 bits per heavy atom. The van der Waals surface area contributed by atoms with Gasteiger partial charge in [-0.25, -0.2) is 0 Å². The molecule has 82 valence electrons. The summed E-state index contributed by atoms with van der Waals surface area (Å²) in [5.74, 6) is 0.0336. The van der Waals surface area contributed by atoms with Gasteiger partial charge in [0.25, 0.3) is 0 Å². The van der Waals surface area contributed by atoms with Crippen LogP contribution in [-0.4, -0.2) is 23.3 Å². The van der Waals surface area contributed by atoms with Crippen LogP contribution in [0.1, 0.15) is 46.0 Å². The first-order chi connectivity index (χ1) is 6.58. The molecule has 1 atom stereocenters. The van der Waals surface area contributed by atoms with E-state index in [1.165, 1.54) is 12.8 Å². The summed E-state index contributed by atoms with van der Waals surface area (Å²) in [6.45, 7) is 4.10. The van der Waals surface area contributed by atoms with Gasteiger partial charge in [-0.1, -0.05) is 6.92 Å². The Hall–Kier alpha value is -0.570. The minimum absolute atomic E-state index is 0.117. The molecule has 1 saturated carbocycles. The van der Waals surface area contributed by atoms with Crippen molar-refractivity contribution in [3.8, 4) is 0 Å². The number of rotatable bonds is 4. The molecule has 1 fully saturated rings. The molecule has 0 aromatic carbocycles. The second kappa shape index (κ2) is 5.35. The summed E-state index contributed by atoms with van der Waals surface area (Å²) in [4.78, 5) is 10.4. The van der Waals surface area contributed by atoms with Crippen LogP contribution in [0.15, 0.2) is 0 Å². The first kappa shape index (κ1) is 11.5. The van der Waals surface area contributed by atoms with Gasteiger partial charge >= 0.3 is 5.97 Å². The fourth-order valence-corrected chi connectivity index (χ4v) is 1.99. The standard InChI is InChI=1S/C11H20O3/c1-8-3-5-10(6-4-8)14-9(2)7-11(12)13/h8-10H,3-7H2,1-2H3,(H,12,13). The van der Waals surface area contributed by atoms with Gasteiger partial charge in [0.05, 0.1) is 18.6 Å². The molecule has 1 unspecified atom stereocenters. The van der Waals surface area contributed by atoms with E-state index in [2.05, 4.69) is 6.92 Å². The van der Waals surface area contributed by atoms with E-state index < -0.39 is 5.97 Å². The topological polar surface area (TPSA) is 46.5 Å². The van der Waals surface area contributed by atoms with E-state index >= 15 is 0 Å². The Bertz CT molecular complexity index is 183. The molecule has 0 spiro atoms. The van der Waals surface area contributed by atoms with Crippen molar-refractivity contribution in [2.24, 2.45) is 5.92 Å². The molecule has 1 rings (SSSR count). The summed E-state index contributed by atoms with van der Waals surface area (Å²) < 4.78 is 5.67. The monoisotopic (exact) mass is 200 g/mol. The maximum absolute atomic E-state index is 10.4. The highest BCUT2D eigenvalue weighted by molar-refractivity contribution is 5.67. The van der Waals surface area contributed by atoms with Crippen molar-refractivity contribution in [1.29, 1.82) is 0 Å². The molecule has 1 aliphatic carbocycles. The van der Waals surface area contributed by atoms with Crippen molar-refractivity contribution >= 4 is 5.97 Å². The SMILES string of the molecule is CC1CCC(OC(C)CC(=O)O)CC1. The summed E-state index contributed by atoms with van der Waals surface area (Å²) in [7, 11) is 0. The Kier molecular flexibility index (Phi) is 4.39. The predicted octanol–water partition coefficient (Wildman–Crippen LogP) is 2.44. The molecule has 0 amide bonds. The third kappa shape index (κ3) is 4.09. The first-order valence-corrected chi connectivity index (χ1v) is 5.45. The molecule has 3 heteroatoms. The molecule has 0 radical (unpaired) electrons. The van der Waals surface area contributed by atoms with Crippen LogP contribution in [-0.2, 0) is 9.53 Å². The third-order valence-electron chi connectivity index (χ3n) is 2.85. The molecule has 14 heavy (non-hydrogen) atoms. The number of hydrogen-bond acceptors (Lipinski definition) is 2. The second-order valence-corrected chi connectivity index (χ2v) is 4.43. The molecule has 1 N–H and O–H groups in total. The molecule has 0 heterocycles. The lowest BCUT2D eigenvalue weighted by atomic mass is 9.89. The van der Waals surface area contributed by atoms with Crippen LogP contribution >= 0.6 is 0 Å². The van der Waals surface area contributed by atoms with Gasteiger partial charge in [0.15, 0.2) is 0 Å². The molecule has 0 saturated heterocycles. The summed E-state index contributed by atoms with van der Waals surface area (Å²) in [6.07, 6.45) is 4.86. The molecule has 1 aliphatic rings. The van der Waals surface area contributed by atoms with E-state index in [-0.39, 0.29) is 12.5 Å². The van der Waals surface area contributed by atoms with Gasteiger partial charge in [-0.15, -0.1) is 0 Å². The van der Waals surface area contributed by atoms with Gasteiger partial charge < -0.3 is 9.84 Å². The van der Waals surface area contributed by atoms with Crippen molar-refractivity contribution < 1.29 is 14.6 Å². The highest BCUT2D eigenvalue weighted by atomic mass is 16.5. The fraction of sp³-hybridized carbons (Fsp3) is 0.909. The minimum Gasteiger partial charge on any atom is -0.481 e. The zero-order valence-electron chi connectivity index (χ0n) is 9.03. The van der Waals surface area contributed by atoms with E-state index in [0.717, 1.165) is 18.8 Å². The van der Waals surface area contributed by atoms with Crippen molar-refractivity contribution in [2.75, 3.05) is 0 Å². The summed E-state index contributed by atoms with van der Waals surface area (Å²) in [6, 6.07) is 0. The summed E-state index contributed by atoms with van der Waals surface area (Å²) >= 11 is 0. The Morgan fingerprint density at radius 3 is 2.50 bits per heavy atom. The van der Waals surface area contributed by atoms with Gasteiger partial charge in [-0.05, 0) is 38.5 Å². The van der Waals surface area contributed by atoms with Crippen LogP contribution in [0.3, 0.4) is 0 Å². The summed E-state index contributed by atoms with van der Waals surface area (Å²) in [5.41, 5.74) is 0. The van der Waals surface area contributed by atoms with Gasteiger partial charge in [0.2, 0.25) is 0 Å². The number of hydrogen-bond donors (Lipinski definition) is 1. The van der Waals surface area contributed by atoms with E-state index in [1.54, 1.807) is 0 Å². The molecule has 0 aromatic heterocycles. The van der Waals surface area contributed by atoms with Crippen LogP contribution in [0.4, 0.5) is 0 Å².